The van der Waals surface area contributed by atoms with Crippen molar-refractivity contribution in [1.82, 2.24) is 14.7 Å². The highest BCUT2D eigenvalue weighted by atomic mass is 32.2. The number of hydrogen-bond donors (Lipinski definition) is 0. The van der Waals surface area contributed by atoms with Crippen LogP contribution in [0.2, 0.25) is 0 Å². The lowest BCUT2D eigenvalue weighted by molar-refractivity contribution is -0.126. The Morgan fingerprint density at radius 2 is 1.89 bits per heavy atom. The molecule has 7 nitrogen and oxygen atoms in total. The van der Waals surface area contributed by atoms with E-state index in [0.29, 0.717) is 36.5 Å². The third-order valence-corrected chi connectivity index (χ3v) is 7.56. The van der Waals surface area contributed by atoms with Gasteiger partial charge in [-0.1, -0.05) is 30.0 Å². The third kappa shape index (κ3) is 6.76. The van der Waals surface area contributed by atoms with Gasteiger partial charge in [-0.15, -0.1) is 0 Å². The summed E-state index contributed by atoms with van der Waals surface area (Å²) >= 11 is 1.25. The zero-order valence-corrected chi connectivity index (χ0v) is 22.8. The first-order valence-electron chi connectivity index (χ1n) is 12.6. The third-order valence-electron chi connectivity index (χ3n) is 6.41. The number of thioether (sulfide) groups is 1. The van der Waals surface area contributed by atoms with Crippen molar-refractivity contribution in [3.05, 3.63) is 58.7 Å². The number of piperidine rings is 1. The number of nitrogens with zero attached hydrogens (tertiary/aromatic N) is 3. The number of ketones is 1. The van der Waals surface area contributed by atoms with Crippen LogP contribution >= 0.6 is 11.8 Å². The number of carbonyl (C=O) groups is 3. The summed E-state index contributed by atoms with van der Waals surface area (Å²) in [5.41, 5.74) is 1.83. The molecule has 0 N–H and O–H groups in total. The van der Waals surface area contributed by atoms with E-state index >= 15 is 0 Å². The summed E-state index contributed by atoms with van der Waals surface area (Å²) in [4.78, 5) is 40.0. The summed E-state index contributed by atoms with van der Waals surface area (Å²) in [6.07, 6.45) is 3.62. The topological polar surface area (TPSA) is 81.5 Å². The molecule has 1 aromatic carbocycles. The van der Waals surface area contributed by atoms with E-state index in [1.807, 2.05) is 11.0 Å². The molecule has 2 fully saturated rings. The number of aryl methyl sites for hydroxylation is 1. The zero-order valence-electron chi connectivity index (χ0n) is 22.0. The normalized spacial score (nSPS) is 20.6. The largest absolute Gasteiger partial charge is 0.442 e. The zero-order chi connectivity index (χ0) is 26.9. The molecule has 1 aromatic heterocycles. The molecule has 2 aromatic rings. The fourth-order valence-electron chi connectivity index (χ4n) is 4.64. The van der Waals surface area contributed by atoms with E-state index in [0.717, 1.165) is 18.4 Å². The molecule has 2 unspecified atom stereocenters. The highest BCUT2D eigenvalue weighted by Gasteiger charge is 2.41. The summed E-state index contributed by atoms with van der Waals surface area (Å²) in [5.74, 6) is -0.375. The Morgan fingerprint density at radius 3 is 2.51 bits per heavy atom. The number of carbonyl (C=O) groups excluding carboxylic acids is 3. The smallest absolute Gasteiger partial charge is 0.435 e. The molecular weight excluding hydrogens is 493 g/mol. The maximum Gasteiger partial charge on any atom is 0.435 e. The Bertz CT molecular complexity index is 1230. The summed E-state index contributed by atoms with van der Waals surface area (Å²) < 4.78 is 21.6. The van der Waals surface area contributed by atoms with Crippen LogP contribution in [0, 0.1) is 18.7 Å². The van der Waals surface area contributed by atoms with Gasteiger partial charge in [-0.2, -0.15) is 9.78 Å². The van der Waals surface area contributed by atoms with Crippen LogP contribution in [0.25, 0.3) is 6.08 Å². The van der Waals surface area contributed by atoms with Crippen molar-refractivity contribution in [3.8, 4) is 0 Å². The molecule has 1 saturated carbocycles. The molecule has 1 saturated heterocycles. The molecule has 2 aliphatic rings. The van der Waals surface area contributed by atoms with Gasteiger partial charge in [-0.25, -0.2) is 9.18 Å². The maximum absolute atomic E-state index is 14.9. The Hall–Kier alpha value is -2.78. The van der Waals surface area contributed by atoms with Gasteiger partial charge in [0.15, 0.2) is 10.9 Å². The molecule has 198 valence electrons. The highest BCUT2D eigenvalue weighted by molar-refractivity contribution is 8.14. The number of benzene rings is 1. The predicted octanol–water partition coefficient (Wildman–Crippen LogP) is 5.57. The van der Waals surface area contributed by atoms with Gasteiger partial charge < -0.3 is 4.74 Å². The summed E-state index contributed by atoms with van der Waals surface area (Å²) in [7, 11) is 0. The van der Waals surface area contributed by atoms with Crippen molar-refractivity contribution in [1.29, 1.82) is 0 Å². The second-order valence-electron chi connectivity index (χ2n) is 10.8. The summed E-state index contributed by atoms with van der Waals surface area (Å²) in [6.45, 7) is 9.64. The molecule has 0 amide bonds. The highest BCUT2D eigenvalue weighted by Crippen LogP contribution is 2.40. The van der Waals surface area contributed by atoms with Gasteiger partial charge in [0.1, 0.15) is 11.4 Å². The number of aromatic nitrogens is 2. The van der Waals surface area contributed by atoms with Crippen LogP contribution in [0.3, 0.4) is 0 Å². The molecule has 9 heteroatoms. The van der Waals surface area contributed by atoms with Gasteiger partial charge in [0.25, 0.3) is 0 Å². The molecule has 37 heavy (non-hydrogen) atoms. The first-order chi connectivity index (χ1) is 17.4. The lowest BCUT2D eigenvalue weighted by Gasteiger charge is -2.38. The lowest BCUT2D eigenvalue weighted by Crippen LogP contribution is -2.43. The minimum Gasteiger partial charge on any atom is -0.442 e. The lowest BCUT2D eigenvalue weighted by atomic mass is 9.93. The first-order valence-corrected chi connectivity index (χ1v) is 13.5. The summed E-state index contributed by atoms with van der Waals surface area (Å²) in [5, 5.41) is 4.34. The van der Waals surface area contributed by atoms with Crippen molar-refractivity contribution >= 4 is 34.8 Å². The Morgan fingerprint density at radius 1 is 1.19 bits per heavy atom. The van der Waals surface area contributed by atoms with Crippen molar-refractivity contribution in [2.75, 3.05) is 13.1 Å². The van der Waals surface area contributed by atoms with Gasteiger partial charge in [0.2, 0.25) is 0 Å². The van der Waals surface area contributed by atoms with Gasteiger partial charge in [0, 0.05) is 42.4 Å². The van der Waals surface area contributed by atoms with E-state index in [2.05, 4.69) is 5.10 Å². The quantitative estimate of drug-likeness (QED) is 0.486. The molecule has 2 heterocycles. The molecule has 4 rings (SSSR count). The monoisotopic (exact) mass is 527 g/mol. The van der Waals surface area contributed by atoms with Crippen LogP contribution in [0.4, 0.5) is 9.18 Å². The average Bonchev–Trinajstić information content (AvgIpc) is 3.58. The second-order valence-corrected chi connectivity index (χ2v) is 12.2. The molecule has 1 aliphatic carbocycles. The van der Waals surface area contributed by atoms with E-state index in [9.17, 15) is 18.8 Å². The SMILES string of the molecule is CC(=O)SC1CCN(C(C(=O)C2CC2)c2ccccc2F)C/C1=C\c1cc(C)n(C(=O)OC(C)(C)C)n1. The van der Waals surface area contributed by atoms with Gasteiger partial charge in [-0.05, 0) is 70.7 Å². The van der Waals surface area contributed by atoms with E-state index < -0.39 is 17.7 Å². The van der Waals surface area contributed by atoms with Gasteiger partial charge in [0.05, 0.1) is 11.7 Å². The number of halogens is 1. The van der Waals surface area contributed by atoms with E-state index in [4.69, 9.17) is 4.74 Å². The number of Topliss-reactive ketones (excluding diaryl/α,β-unsaturated/α-hetero) is 1. The Kier molecular flexibility index (Phi) is 8.04. The molecule has 0 radical (unpaired) electrons. The fourth-order valence-corrected chi connectivity index (χ4v) is 5.56. The minimum absolute atomic E-state index is 0.000439. The minimum atomic E-state index is -0.679. The Labute approximate surface area is 221 Å². The van der Waals surface area contributed by atoms with E-state index in [1.54, 1.807) is 52.0 Å². The number of hydrogen-bond acceptors (Lipinski definition) is 7. The van der Waals surface area contributed by atoms with Crippen LogP contribution in [0.15, 0.2) is 35.9 Å². The van der Waals surface area contributed by atoms with Crippen molar-refractivity contribution in [2.45, 2.75) is 70.8 Å². The first kappa shape index (κ1) is 27.3. The molecular formula is C28H34FN3O4S. The standard InChI is InChI=1S/C28H34FN3O4S/c1-17-14-21(30-32(17)27(35)36-28(3,4)5)15-20-16-31(13-12-24(20)37-18(2)33)25(26(34)19-10-11-19)22-8-6-7-9-23(22)29/h6-9,14-15,19,24-25H,10-13,16H2,1-5H3/b20-15+. The van der Waals surface area contributed by atoms with Crippen LogP contribution in [-0.2, 0) is 14.3 Å². The van der Waals surface area contributed by atoms with Crippen molar-refractivity contribution < 1.29 is 23.5 Å². The number of ether oxygens (including phenoxy) is 1. The fraction of sp³-hybridized carbons (Fsp3) is 0.500. The van der Waals surface area contributed by atoms with E-state index in [-0.39, 0.29) is 27.9 Å². The second kappa shape index (κ2) is 10.9. The average molecular weight is 528 g/mol. The Balaban J connectivity index is 1.66. The molecule has 2 atom stereocenters. The van der Waals surface area contributed by atoms with Crippen LogP contribution in [0.1, 0.15) is 70.0 Å². The summed E-state index contributed by atoms with van der Waals surface area (Å²) in [6, 6.07) is 7.57. The van der Waals surface area contributed by atoms with Crippen molar-refractivity contribution in [3.63, 3.8) is 0 Å². The van der Waals surface area contributed by atoms with Crippen molar-refractivity contribution in [2.24, 2.45) is 5.92 Å². The van der Waals surface area contributed by atoms with Crippen LogP contribution < -0.4 is 0 Å². The van der Waals surface area contributed by atoms with Gasteiger partial charge in [-0.3, -0.25) is 14.5 Å². The number of likely N-dealkylation sites (tertiary alicyclic amines) is 1. The van der Waals surface area contributed by atoms with Crippen LogP contribution in [-0.4, -0.2) is 55.6 Å². The molecule has 0 spiro atoms. The number of rotatable bonds is 6. The molecule has 1 aliphatic heterocycles. The van der Waals surface area contributed by atoms with Gasteiger partial charge >= 0.3 is 6.09 Å². The van der Waals surface area contributed by atoms with Crippen LogP contribution in [0.5, 0.6) is 0 Å². The molecule has 0 bridgehead atoms. The predicted molar refractivity (Wildman–Crippen MR) is 142 cm³/mol. The maximum atomic E-state index is 14.9. The van der Waals surface area contributed by atoms with E-state index in [1.165, 1.54) is 29.4 Å².